The standard InChI is InChI=1S/C26H38N4O2/c1-17-4-2-3-5-19(17)15-29(22-12-13-22)23-14-24(30(16-23)26(32)18-6-7-18)25(31)28-21-10-8-20(27)9-11-21/h2-5,18,20-24H,6-16,27H2,1H3,(H,28,31). The Kier molecular flexibility index (Phi) is 6.26. The predicted octanol–water partition coefficient (Wildman–Crippen LogP) is 2.73. The van der Waals surface area contributed by atoms with E-state index in [-0.39, 0.29) is 41.9 Å². The molecule has 3 N–H and O–H groups in total. The van der Waals surface area contributed by atoms with Crippen LogP contribution in [-0.4, -0.2) is 58.4 Å². The third-order valence-electron chi connectivity index (χ3n) is 8.01. The highest BCUT2D eigenvalue weighted by molar-refractivity contribution is 5.90. The molecule has 32 heavy (non-hydrogen) atoms. The smallest absolute Gasteiger partial charge is 0.243 e. The molecular formula is C26H38N4O2. The first kappa shape index (κ1) is 21.9. The van der Waals surface area contributed by atoms with Crippen molar-refractivity contribution in [2.45, 2.75) is 101 Å². The molecule has 3 aliphatic carbocycles. The number of carbonyl (C=O) groups is 2. The average molecular weight is 439 g/mol. The first-order valence-corrected chi connectivity index (χ1v) is 12.7. The molecular weight excluding hydrogens is 400 g/mol. The molecule has 3 saturated carbocycles. The maximum absolute atomic E-state index is 13.4. The van der Waals surface area contributed by atoms with Gasteiger partial charge in [-0.25, -0.2) is 0 Å². The zero-order chi connectivity index (χ0) is 22.2. The first-order valence-electron chi connectivity index (χ1n) is 12.7. The van der Waals surface area contributed by atoms with Gasteiger partial charge in [0.25, 0.3) is 0 Å². The van der Waals surface area contributed by atoms with Gasteiger partial charge < -0.3 is 16.0 Å². The van der Waals surface area contributed by atoms with Gasteiger partial charge in [-0.15, -0.1) is 0 Å². The Balaban J connectivity index is 1.30. The molecule has 174 valence electrons. The minimum Gasteiger partial charge on any atom is -0.352 e. The van der Waals surface area contributed by atoms with Gasteiger partial charge in [-0.1, -0.05) is 24.3 Å². The van der Waals surface area contributed by atoms with Gasteiger partial charge in [0.05, 0.1) is 0 Å². The summed E-state index contributed by atoms with van der Waals surface area (Å²) in [7, 11) is 0. The summed E-state index contributed by atoms with van der Waals surface area (Å²) < 4.78 is 0. The largest absolute Gasteiger partial charge is 0.352 e. The van der Waals surface area contributed by atoms with Crippen LogP contribution in [0.1, 0.15) is 68.9 Å². The second-order valence-electron chi connectivity index (χ2n) is 10.6. The molecule has 0 bridgehead atoms. The fourth-order valence-corrected chi connectivity index (χ4v) is 5.62. The molecule has 0 radical (unpaired) electrons. The fourth-order valence-electron chi connectivity index (χ4n) is 5.62. The Morgan fingerprint density at radius 2 is 1.75 bits per heavy atom. The molecule has 2 amide bonds. The molecule has 1 saturated heterocycles. The van der Waals surface area contributed by atoms with Crippen LogP contribution in [0.4, 0.5) is 0 Å². The Labute approximate surface area is 191 Å². The van der Waals surface area contributed by atoms with Crippen LogP contribution >= 0.6 is 0 Å². The Hall–Kier alpha value is -1.92. The lowest BCUT2D eigenvalue weighted by molar-refractivity contribution is -0.139. The summed E-state index contributed by atoms with van der Waals surface area (Å²) in [5.41, 5.74) is 8.70. The molecule has 1 aromatic rings. The molecule has 0 aromatic heterocycles. The number of carbonyl (C=O) groups excluding carboxylic acids is 2. The fraction of sp³-hybridized carbons (Fsp3) is 0.692. The third kappa shape index (κ3) is 4.86. The van der Waals surface area contributed by atoms with Crippen molar-refractivity contribution >= 4 is 11.8 Å². The number of nitrogens with zero attached hydrogens (tertiary/aromatic N) is 2. The molecule has 2 atom stereocenters. The van der Waals surface area contributed by atoms with Gasteiger partial charge in [0.1, 0.15) is 6.04 Å². The Morgan fingerprint density at radius 1 is 1.03 bits per heavy atom. The lowest BCUT2D eigenvalue weighted by Crippen LogP contribution is -2.50. The maximum Gasteiger partial charge on any atom is 0.243 e. The van der Waals surface area contributed by atoms with Gasteiger partial charge in [0.15, 0.2) is 0 Å². The van der Waals surface area contributed by atoms with E-state index in [9.17, 15) is 9.59 Å². The van der Waals surface area contributed by atoms with Crippen molar-refractivity contribution in [1.82, 2.24) is 15.1 Å². The van der Waals surface area contributed by atoms with Crippen LogP contribution in [0.5, 0.6) is 0 Å². The summed E-state index contributed by atoms with van der Waals surface area (Å²) in [5, 5.41) is 3.28. The van der Waals surface area contributed by atoms with Crippen LogP contribution in [0.25, 0.3) is 0 Å². The van der Waals surface area contributed by atoms with E-state index < -0.39 is 0 Å². The predicted molar refractivity (Wildman–Crippen MR) is 125 cm³/mol. The zero-order valence-electron chi connectivity index (χ0n) is 19.3. The van der Waals surface area contributed by atoms with Crippen molar-refractivity contribution in [3.05, 3.63) is 35.4 Å². The van der Waals surface area contributed by atoms with Crippen LogP contribution in [0, 0.1) is 12.8 Å². The van der Waals surface area contributed by atoms with Gasteiger partial charge in [-0.2, -0.15) is 0 Å². The highest BCUT2D eigenvalue weighted by Crippen LogP contribution is 2.38. The van der Waals surface area contributed by atoms with E-state index in [0.717, 1.165) is 51.5 Å². The number of benzene rings is 1. The van der Waals surface area contributed by atoms with E-state index in [1.807, 2.05) is 4.90 Å². The number of rotatable bonds is 7. The number of likely N-dealkylation sites (tertiary alicyclic amines) is 1. The Bertz CT molecular complexity index is 842. The number of hydrogen-bond donors (Lipinski definition) is 2. The lowest BCUT2D eigenvalue weighted by Gasteiger charge is -2.30. The van der Waals surface area contributed by atoms with Gasteiger partial charge in [-0.05, 0) is 75.8 Å². The monoisotopic (exact) mass is 438 g/mol. The average Bonchev–Trinajstić information content (AvgIpc) is 3.71. The third-order valence-corrected chi connectivity index (χ3v) is 8.01. The summed E-state index contributed by atoms with van der Waals surface area (Å²) in [6.45, 7) is 3.76. The minimum absolute atomic E-state index is 0.0496. The van der Waals surface area contributed by atoms with E-state index in [2.05, 4.69) is 41.4 Å². The molecule has 0 spiro atoms. The van der Waals surface area contributed by atoms with Crippen LogP contribution in [0.15, 0.2) is 24.3 Å². The summed E-state index contributed by atoms with van der Waals surface area (Å²) in [6.07, 6.45) is 8.97. The van der Waals surface area contributed by atoms with Crippen molar-refractivity contribution < 1.29 is 9.59 Å². The summed E-state index contributed by atoms with van der Waals surface area (Å²) in [6, 6.07) is 9.55. The lowest BCUT2D eigenvalue weighted by atomic mass is 9.91. The minimum atomic E-state index is -0.332. The van der Waals surface area contributed by atoms with Crippen LogP contribution in [-0.2, 0) is 16.1 Å². The number of amides is 2. The number of nitrogens with one attached hydrogen (secondary N) is 1. The van der Waals surface area contributed by atoms with E-state index in [1.165, 1.54) is 24.0 Å². The van der Waals surface area contributed by atoms with Crippen molar-refractivity contribution in [3.63, 3.8) is 0 Å². The first-order chi connectivity index (χ1) is 15.5. The molecule has 1 aromatic carbocycles. The van der Waals surface area contributed by atoms with Gasteiger partial charge in [-0.3, -0.25) is 14.5 Å². The normalized spacial score (nSPS) is 30.5. The van der Waals surface area contributed by atoms with Gasteiger partial charge >= 0.3 is 0 Å². The molecule has 1 aliphatic heterocycles. The second-order valence-corrected chi connectivity index (χ2v) is 10.6. The maximum atomic E-state index is 13.4. The summed E-state index contributed by atoms with van der Waals surface area (Å²) >= 11 is 0. The van der Waals surface area contributed by atoms with E-state index >= 15 is 0 Å². The van der Waals surface area contributed by atoms with Crippen LogP contribution < -0.4 is 11.1 Å². The molecule has 5 rings (SSSR count). The van der Waals surface area contributed by atoms with E-state index in [0.29, 0.717) is 12.6 Å². The molecule has 6 heteroatoms. The molecule has 6 nitrogen and oxygen atoms in total. The van der Waals surface area contributed by atoms with Crippen molar-refractivity contribution in [1.29, 1.82) is 0 Å². The van der Waals surface area contributed by atoms with Gasteiger partial charge in [0, 0.05) is 43.2 Å². The quantitative estimate of drug-likeness (QED) is 0.686. The highest BCUT2D eigenvalue weighted by atomic mass is 16.2. The zero-order valence-corrected chi connectivity index (χ0v) is 19.3. The molecule has 4 fully saturated rings. The number of hydrogen-bond acceptors (Lipinski definition) is 4. The van der Waals surface area contributed by atoms with E-state index in [1.54, 1.807) is 0 Å². The number of nitrogens with two attached hydrogens (primary N) is 1. The van der Waals surface area contributed by atoms with Crippen LogP contribution in [0.2, 0.25) is 0 Å². The highest BCUT2D eigenvalue weighted by Gasteiger charge is 2.48. The summed E-state index contributed by atoms with van der Waals surface area (Å²) in [4.78, 5) is 31.0. The van der Waals surface area contributed by atoms with Crippen LogP contribution in [0.3, 0.4) is 0 Å². The number of aryl methyl sites for hydroxylation is 1. The van der Waals surface area contributed by atoms with Crippen molar-refractivity contribution in [2.24, 2.45) is 11.7 Å². The SMILES string of the molecule is Cc1ccccc1CN(C1CC1)C1CC(C(=O)NC2CCC(N)CC2)N(C(=O)C2CC2)C1. The topological polar surface area (TPSA) is 78.7 Å². The Morgan fingerprint density at radius 3 is 2.41 bits per heavy atom. The molecule has 1 heterocycles. The molecule has 2 unspecified atom stereocenters. The van der Waals surface area contributed by atoms with Crippen molar-refractivity contribution in [2.75, 3.05) is 6.54 Å². The summed E-state index contributed by atoms with van der Waals surface area (Å²) in [5.74, 6) is 0.390. The van der Waals surface area contributed by atoms with Crippen molar-refractivity contribution in [3.8, 4) is 0 Å². The van der Waals surface area contributed by atoms with Gasteiger partial charge in [0.2, 0.25) is 11.8 Å². The van der Waals surface area contributed by atoms with E-state index in [4.69, 9.17) is 5.73 Å². The second kappa shape index (κ2) is 9.14. The molecule has 4 aliphatic rings.